The maximum atomic E-state index is 12.1. The van der Waals surface area contributed by atoms with Crippen LogP contribution in [0.4, 0.5) is 5.69 Å². The maximum Gasteiger partial charge on any atom is 0.228 e. The predicted octanol–water partition coefficient (Wildman–Crippen LogP) is 1.66. The van der Waals surface area contributed by atoms with Gasteiger partial charge in [0.05, 0.1) is 24.4 Å². The van der Waals surface area contributed by atoms with Crippen molar-refractivity contribution in [3.05, 3.63) is 24.0 Å². The average Bonchev–Trinajstić information content (AvgIpc) is 2.42. The van der Waals surface area contributed by atoms with Crippen LogP contribution >= 0.6 is 12.4 Å². The molecular weight excluding hydrogens is 278 g/mol. The number of pyridine rings is 1. The van der Waals surface area contributed by atoms with Crippen LogP contribution < -0.4 is 5.73 Å². The van der Waals surface area contributed by atoms with Gasteiger partial charge in [-0.15, -0.1) is 12.4 Å². The van der Waals surface area contributed by atoms with Gasteiger partial charge in [-0.05, 0) is 31.4 Å². The molecule has 1 fully saturated rings. The number of ether oxygens (including phenoxy) is 1. The first-order valence-corrected chi connectivity index (χ1v) is 6.71. The van der Waals surface area contributed by atoms with Crippen LogP contribution in [0.2, 0.25) is 0 Å². The molecule has 2 heterocycles. The first-order valence-electron chi connectivity index (χ1n) is 6.71. The summed E-state index contributed by atoms with van der Waals surface area (Å²) in [6.45, 7) is 1.47. The van der Waals surface area contributed by atoms with E-state index >= 15 is 0 Å². The molecule has 1 aromatic rings. The van der Waals surface area contributed by atoms with Crippen LogP contribution in [0.5, 0.6) is 0 Å². The molecular formula is C14H22ClN3O2. The maximum absolute atomic E-state index is 12.1. The van der Waals surface area contributed by atoms with Gasteiger partial charge < -0.3 is 15.4 Å². The van der Waals surface area contributed by atoms with Crippen molar-refractivity contribution in [2.24, 2.45) is 0 Å². The van der Waals surface area contributed by atoms with Crippen LogP contribution in [-0.2, 0) is 16.0 Å². The van der Waals surface area contributed by atoms with Crippen molar-refractivity contribution >= 4 is 24.0 Å². The smallest absolute Gasteiger partial charge is 0.228 e. The average molecular weight is 300 g/mol. The fourth-order valence-electron chi connectivity index (χ4n) is 2.19. The van der Waals surface area contributed by atoms with Gasteiger partial charge in [-0.3, -0.25) is 9.78 Å². The van der Waals surface area contributed by atoms with Gasteiger partial charge in [-0.1, -0.05) is 0 Å². The summed E-state index contributed by atoms with van der Waals surface area (Å²) in [6, 6.07) is 3.55. The summed E-state index contributed by atoms with van der Waals surface area (Å²) in [7, 11) is 1.82. The summed E-state index contributed by atoms with van der Waals surface area (Å²) in [5, 5.41) is 0. The monoisotopic (exact) mass is 299 g/mol. The summed E-state index contributed by atoms with van der Waals surface area (Å²) in [4.78, 5) is 17.9. The van der Waals surface area contributed by atoms with Crippen molar-refractivity contribution in [3.8, 4) is 0 Å². The van der Waals surface area contributed by atoms with Crippen molar-refractivity contribution < 1.29 is 9.53 Å². The number of nitrogens with two attached hydrogens (primary N) is 1. The number of halogens is 1. The molecule has 1 amide bonds. The van der Waals surface area contributed by atoms with Crippen molar-refractivity contribution in [2.45, 2.75) is 31.8 Å². The minimum Gasteiger partial charge on any atom is -0.397 e. The van der Waals surface area contributed by atoms with Gasteiger partial charge in [0.25, 0.3) is 0 Å². The number of anilines is 1. The van der Waals surface area contributed by atoms with Crippen molar-refractivity contribution in [1.29, 1.82) is 0 Å². The second kappa shape index (κ2) is 8.07. The first-order chi connectivity index (χ1) is 9.15. The minimum absolute atomic E-state index is 0. The quantitative estimate of drug-likeness (QED) is 0.918. The Balaban J connectivity index is 0.00000200. The van der Waals surface area contributed by atoms with Crippen LogP contribution in [0.25, 0.3) is 0 Å². The Kier molecular flexibility index (Phi) is 6.75. The zero-order chi connectivity index (χ0) is 13.7. The van der Waals surface area contributed by atoms with Crippen LogP contribution in [0.3, 0.4) is 0 Å². The number of carbonyl (C=O) groups is 1. The SMILES string of the molecule is CN(CC1CCCCO1)C(=O)Cc1ccc(N)cn1.Cl. The Hall–Kier alpha value is -1.33. The molecule has 112 valence electrons. The lowest BCUT2D eigenvalue weighted by molar-refractivity contribution is -0.131. The van der Waals surface area contributed by atoms with E-state index in [-0.39, 0.29) is 24.4 Å². The Morgan fingerprint density at radius 2 is 2.30 bits per heavy atom. The molecule has 20 heavy (non-hydrogen) atoms. The van der Waals surface area contributed by atoms with Crippen LogP contribution in [-0.4, -0.2) is 42.1 Å². The molecule has 1 unspecified atom stereocenters. The van der Waals surface area contributed by atoms with E-state index in [2.05, 4.69) is 4.98 Å². The second-order valence-electron chi connectivity index (χ2n) is 5.02. The highest BCUT2D eigenvalue weighted by Crippen LogP contribution is 2.13. The van der Waals surface area contributed by atoms with E-state index in [1.807, 2.05) is 7.05 Å². The third kappa shape index (κ3) is 4.98. The number of amides is 1. The molecule has 0 aliphatic carbocycles. The fourth-order valence-corrected chi connectivity index (χ4v) is 2.19. The van der Waals surface area contributed by atoms with Gasteiger partial charge in [0.15, 0.2) is 0 Å². The van der Waals surface area contributed by atoms with Crippen LogP contribution in [0.1, 0.15) is 25.0 Å². The molecule has 0 aromatic carbocycles. The molecule has 1 saturated heterocycles. The summed E-state index contributed by atoms with van der Waals surface area (Å²) in [6.07, 6.45) is 5.42. The zero-order valence-electron chi connectivity index (χ0n) is 11.7. The lowest BCUT2D eigenvalue weighted by atomic mass is 10.1. The third-order valence-corrected chi connectivity index (χ3v) is 3.36. The number of carbonyl (C=O) groups excluding carboxylic acids is 1. The normalized spacial score (nSPS) is 18.1. The summed E-state index contributed by atoms with van der Waals surface area (Å²) in [5.74, 6) is 0.0615. The highest BCUT2D eigenvalue weighted by atomic mass is 35.5. The lowest BCUT2D eigenvalue weighted by Gasteiger charge is -2.27. The molecule has 1 aliphatic heterocycles. The topological polar surface area (TPSA) is 68.5 Å². The molecule has 0 bridgehead atoms. The molecule has 0 saturated carbocycles. The molecule has 5 nitrogen and oxygen atoms in total. The van der Waals surface area contributed by atoms with Crippen molar-refractivity contribution in [1.82, 2.24) is 9.88 Å². The molecule has 2 rings (SSSR count). The third-order valence-electron chi connectivity index (χ3n) is 3.36. The van der Waals surface area contributed by atoms with Gasteiger partial charge in [-0.2, -0.15) is 0 Å². The predicted molar refractivity (Wildman–Crippen MR) is 80.8 cm³/mol. The van der Waals surface area contributed by atoms with Gasteiger partial charge in [-0.25, -0.2) is 0 Å². The number of likely N-dealkylation sites (N-methyl/N-ethyl adjacent to an activating group) is 1. The molecule has 1 atom stereocenters. The van der Waals surface area contributed by atoms with Gasteiger partial charge >= 0.3 is 0 Å². The van der Waals surface area contributed by atoms with Crippen molar-refractivity contribution in [3.63, 3.8) is 0 Å². The summed E-state index contributed by atoms with van der Waals surface area (Å²) < 4.78 is 5.64. The Morgan fingerprint density at radius 3 is 2.90 bits per heavy atom. The number of hydrogen-bond donors (Lipinski definition) is 1. The van der Waals surface area contributed by atoms with E-state index in [0.717, 1.165) is 25.1 Å². The molecule has 0 spiro atoms. The van der Waals surface area contributed by atoms with Crippen LogP contribution in [0, 0.1) is 0 Å². The van der Waals surface area contributed by atoms with Crippen LogP contribution in [0.15, 0.2) is 18.3 Å². The Labute approximate surface area is 125 Å². The molecule has 6 heteroatoms. The van der Waals surface area contributed by atoms with E-state index < -0.39 is 0 Å². The number of nitrogens with zero attached hydrogens (tertiary/aromatic N) is 2. The van der Waals surface area contributed by atoms with Gasteiger partial charge in [0.2, 0.25) is 5.91 Å². The summed E-state index contributed by atoms with van der Waals surface area (Å²) >= 11 is 0. The number of nitrogen functional groups attached to an aromatic ring is 1. The van der Waals surface area contributed by atoms with E-state index in [9.17, 15) is 4.79 Å². The highest BCUT2D eigenvalue weighted by Gasteiger charge is 2.19. The van der Waals surface area contributed by atoms with E-state index in [0.29, 0.717) is 18.7 Å². The van der Waals surface area contributed by atoms with Gasteiger partial charge in [0, 0.05) is 25.9 Å². The molecule has 0 radical (unpaired) electrons. The number of rotatable bonds is 4. The number of hydrogen-bond acceptors (Lipinski definition) is 4. The van der Waals surface area contributed by atoms with Gasteiger partial charge in [0.1, 0.15) is 0 Å². The zero-order valence-corrected chi connectivity index (χ0v) is 12.6. The standard InChI is InChI=1S/C14H21N3O2.ClH/c1-17(10-13-4-2-3-7-19-13)14(18)8-12-6-5-11(15)9-16-12;/h5-6,9,13H,2-4,7-8,10,15H2,1H3;1H. The second-order valence-corrected chi connectivity index (χ2v) is 5.02. The highest BCUT2D eigenvalue weighted by molar-refractivity contribution is 5.85. The Morgan fingerprint density at radius 1 is 1.50 bits per heavy atom. The molecule has 2 N–H and O–H groups in total. The van der Waals surface area contributed by atoms with Crippen molar-refractivity contribution in [2.75, 3.05) is 25.9 Å². The Bertz CT molecular complexity index is 419. The van der Waals surface area contributed by atoms with E-state index in [1.54, 1.807) is 23.2 Å². The summed E-state index contributed by atoms with van der Waals surface area (Å²) in [5.41, 5.74) is 6.92. The molecule has 1 aromatic heterocycles. The minimum atomic E-state index is 0. The number of aromatic nitrogens is 1. The molecule has 1 aliphatic rings. The fraction of sp³-hybridized carbons (Fsp3) is 0.571. The lowest BCUT2D eigenvalue weighted by Crippen LogP contribution is -2.37. The van der Waals surface area contributed by atoms with E-state index in [1.165, 1.54) is 6.42 Å². The largest absolute Gasteiger partial charge is 0.397 e. The first kappa shape index (κ1) is 16.7. The van der Waals surface area contributed by atoms with E-state index in [4.69, 9.17) is 10.5 Å².